The first-order valence-corrected chi connectivity index (χ1v) is 12.1. The van der Waals surface area contributed by atoms with Crippen molar-refractivity contribution in [2.45, 2.75) is 57.7 Å². The SMILES string of the molecule is CC1(C)CC(NC(=O)c2ccc(Oc3cccc(N4CCNCC4)c3)c(Cl)c2)CC(C)(C)N1. The molecule has 178 valence electrons. The van der Waals surface area contributed by atoms with E-state index in [1.54, 1.807) is 18.2 Å². The molecule has 2 saturated heterocycles. The molecular weight excluding hydrogens is 436 g/mol. The molecule has 4 rings (SSSR count). The van der Waals surface area contributed by atoms with Crippen molar-refractivity contribution in [3.05, 3.63) is 53.1 Å². The van der Waals surface area contributed by atoms with E-state index < -0.39 is 0 Å². The van der Waals surface area contributed by atoms with Gasteiger partial charge in [-0.2, -0.15) is 0 Å². The third-order valence-electron chi connectivity index (χ3n) is 6.25. The Morgan fingerprint density at radius 3 is 2.42 bits per heavy atom. The van der Waals surface area contributed by atoms with Gasteiger partial charge in [-0.25, -0.2) is 0 Å². The summed E-state index contributed by atoms with van der Waals surface area (Å²) in [4.78, 5) is 15.3. The van der Waals surface area contributed by atoms with Gasteiger partial charge in [-0.3, -0.25) is 4.79 Å². The second-order valence-electron chi connectivity index (χ2n) is 10.5. The van der Waals surface area contributed by atoms with Gasteiger partial charge in [0.15, 0.2) is 0 Å². The van der Waals surface area contributed by atoms with Gasteiger partial charge in [-0.15, -0.1) is 0 Å². The summed E-state index contributed by atoms with van der Waals surface area (Å²) in [5, 5.41) is 10.6. The summed E-state index contributed by atoms with van der Waals surface area (Å²) >= 11 is 6.51. The number of anilines is 1. The zero-order valence-electron chi connectivity index (χ0n) is 20.0. The third-order valence-corrected chi connectivity index (χ3v) is 6.54. The summed E-state index contributed by atoms with van der Waals surface area (Å²) in [5.41, 5.74) is 1.60. The predicted molar refractivity (Wildman–Crippen MR) is 135 cm³/mol. The Balaban J connectivity index is 1.42. The molecule has 2 aromatic rings. The average molecular weight is 471 g/mol. The summed E-state index contributed by atoms with van der Waals surface area (Å²) in [6.45, 7) is 12.6. The Hall–Kier alpha value is -2.28. The van der Waals surface area contributed by atoms with Crippen LogP contribution in [0, 0.1) is 0 Å². The molecule has 7 heteroatoms. The van der Waals surface area contributed by atoms with E-state index >= 15 is 0 Å². The van der Waals surface area contributed by atoms with Gasteiger partial charge in [0.2, 0.25) is 0 Å². The van der Waals surface area contributed by atoms with Crippen molar-refractivity contribution in [2.24, 2.45) is 0 Å². The molecule has 0 aliphatic carbocycles. The fourth-order valence-electron chi connectivity index (χ4n) is 5.21. The summed E-state index contributed by atoms with van der Waals surface area (Å²) in [7, 11) is 0. The maximum absolute atomic E-state index is 12.9. The zero-order valence-corrected chi connectivity index (χ0v) is 20.8. The van der Waals surface area contributed by atoms with Gasteiger partial charge in [-0.05, 0) is 70.9 Å². The van der Waals surface area contributed by atoms with Crippen LogP contribution in [0.4, 0.5) is 5.69 Å². The Kier molecular flexibility index (Phi) is 6.89. The normalized spacial score (nSPS) is 20.3. The number of piperazine rings is 1. The fraction of sp³-hybridized carbons (Fsp3) is 0.500. The maximum atomic E-state index is 12.9. The van der Waals surface area contributed by atoms with Crippen LogP contribution in [-0.2, 0) is 0 Å². The van der Waals surface area contributed by atoms with Crippen LogP contribution < -0.4 is 25.6 Å². The standard InChI is InChI=1S/C26H35ClN4O2/c1-25(2)16-19(17-26(3,4)30-25)29-24(32)18-8-9-23(22(27)14-18)33-21-7-5-6-20(15-21)31-12-10-28-11-13-31/h5-9,14-15,19,28,30H,10-13,16-17H2,1-4H3,(H,29,32). The number of rotatable bonds is 5. The van der Waals surface area contributed by atoms with Crippen molar-refractivity contribution in [2.75, 3.05) is 31.1 Å². The predicted octanol–water partition coefficient (Wildman–Crippen LogP) is 4.58. The van der Waals surface area contributed by atoms with Gasteiger partial charge in [0.05, 0.1) is 5.02 Å². The minimum atomic E-state index is -0.109. The fourth-order valence-corrected chi connectivity index (χ4v) is 5.43. The number of ether oxygens (including phenoxy) is 1. The molecule has 33 heavy (non-hydrogen) atoms. The number of benzene rings is 2. The first-order chi connectivity index (χ1) is 15.6. The van der Waals surface area contributed by atoms with Gasteiger partial charge in [0.25, 0.3) is 5.91 Å². The van der Waals surface area contributed by atoms with E-state index in [-0.39, 0.29) is 23.0 Å². The number of nitrogens with one attached hydrogen (secondary N) is 3. The molecule has 2 aliphatic heterocycles. The molecule has 2 fully saturated rings. The van der Waals surface area contributed by atoms with Crippen LogP contribution >= 0.6 is 11.6 Å². The molecule has 3 N–H and O–H groups in total. The van der Waals surface area contributed by atoms with Crippen molar-refractivity contribution in [1.29, 1.82) is 0 Å². The number of piperidine rings is 1. The van der Waals surface area contributed by atoms with Crippen molar-refractivity contribution in [3.8, 4) is 11.5 Å². The number of amides is 1. The number of nitrogens with zero attached hydrogens (tertiary/aromatic N) is 1. The largest absolute Gasteiger partial charge is 0.456 e. The molecule has 0 spiro atoms. The Bertz CT molecular complexity index is 986. The van der Waals surface area contributed by atoms with Gasteiger partial charge < -0.3 is 25.6 Å². The van der Waals surface area contributed by atoms with Crippen molar-refractivity contribution in [3.63, 3.8) is 0 Å². The highest BCUT2D eigenvalue weighted by Gasteiger charge is 2.38. The lowest BCUT2D eigenvalue weighted by Gasteiger charge is -2.46. The van der Waals surface area contributed by atoms with E-state index in [0.717, 1.165) is 50.5 Å². The van der Waals surface area contributed by atoms with Gasteiger partial charge >= 0.3 is 0 Å². The van der Waals surface area contributed by atoms with E-state index in [9.17, 15) is 4.79 Å². The molecule has 0 saturated carbocycles. The van der Waals surface area contributed by atoms with Crippen molar-refractivity contribution in [1.82, 2.24) is 16.0 Å². The number of halogens is 1. The number of carbonyl (C=O) groups is 1. The number of carbonyl (C=O) groups excluding carboxylic acids is 1. The highest BCUT2D eigenvalue weighted by molar-refractivity contribution is 6.32. The summed E-state index contributed by atoms with van der Waals surface area (Å²) in [6.07, 6.45) is 1.75. The lowest BCUT2D eigenvalue weighted by atomic mass is 9.79. The van der Waals surface area contributed by atoms with Crippen LogP contribution in [0.5, 0.6) is 11.5 Å². The monoisotopic (exact) mass is 470 g/mol. The van der Waals surface area contributed by atoms with Gasteiger partial charge in [0.1, 0.15) is 11.5 Å². The molecule has 0 unspecified atom stereocenters. The van der Waals surface area contributed by atoms with Crippen LogP contribution in [0.2, 0.25) is 5.02 Å². The van der Waals surface area contributed by atoms with E-state index in [0.29, 0.717) is 16.3 Å². The van der Waals surface area contributed by atoms with Crippen LogP contribution in [0.25, 0.3) is 0 Å². The quantitative estimate of drug-likeness (QED) is 0.596. The first-order valence-electron chi connectivity index (χ1n) is 11.7. The third kappa shape index (κ3) is 6.19. The number of hydrogen-bond acceptors (Lipinski definition) is 5. The molecule has 2 aromatic carbocycles. The second kappa shape index (κ2) is 9.53. The molecule has 1 amide bonds. The smallest absolute Gasteiger partial charge is 0.251 e. The lowest BCUT2D eigenvalue weighted by Crippen LogP contribution is -2.62. The minimum Gasteiger partial charge on any atom is -0.456 e. The summed E-state index contributed by atoms with van der Waals surface area (Å²) in [5.74, 6) is 1.15. The molecule has 6 nitrogen and oxygen atoms in total. The van der Waals surface area contributed by atoms with E-state index in [1.807, 2.05) is 18.2 Å². The maximum Gasteiger partial charge on any atom is 0.251 e. The van der Waals surface area contributed by atoms with Crippen molar-refractivity contribution >= 4 is 23.2 Å². The zero-order chi connectivity index (χ0) is 23.6. The summed E-state index contributed by atoms with van der Waals surface area (Å²) in [6, 6.07) is 13.4. The second-order valence-corrected chi connectivity index (χ2v) is 10.9. The highest BCUT2D eigenvalue weighted by Crippen LogP contribution is 2.33. The molecule has 0 radical (unpaired) electrons. The van der Waals surface area contributed by atoms with Crippen molar-refractivity contribution < 1.29 is 9.53 Å². The topological polar surface area (TPSA) is 65.6 Å². The highest BCUT2D eigenvalue weighted by atomic mass is 35.5. The van der Waals surface area contributed by atoms with Gasteiger partial charge in [0, 0.05) is 60.6 Å². The lowest BCUT2D eigenvalue weighted by molar-refractivity contribution is 0.0873. The van der Waals surface area contributed by atoms with E-state index in [4.69, 9.17) is 16.3 Å². The van der Waals surface area contributed by atoms with E-state index in [2.05, 4.69) is 54.6 Å². The molecule has 0 bridgehead atoms. The van der Waals surface area contributed by atoms with Crippen LogP contribution in [0.15, 0.2) is 42.5 Å². The minimum absolute atomic E-state index is 0.0334. The Morgan fingerprint density at radius 1 is 1.06 bits per heavy atom. The summed E-state index contributed by atoms with van der Waals surface area (Å²) < 4.78 is 6.07. The average Bonchev–Trinajstić information content (AvgIpc) is 2.74. The number of hydrogen-bond donors (Lipinski definition) is 3. The Labute approximate surface area is 202 Å². The van der Waals surface area contributed by atoms with Crippen LogP contribution in [0.3, 0.4) is 0 Å². The first kappa shape index (κ1) is 23.9. The molecule has 2 aliphatic rings. The van der Waals surface area contributed by atoms with E-state index in [1.165, 1.54) is 0 Å². The Morgan fingerprint density at radius 2 is 1.76 bits per heavy atom. The van der Waals surface area contributed by atoms with Crippen LogP contribution in [0.1, 0.15) is 50.9 Å². The molecule has 2 heterocycles. The molecule has 0 aromatic heterocycles. The molecule has 0 atom stereocenters. The van der Waals surface area contributed by atoms with Crippen LogP contribution in [-0.4, -0.2) is 49.2 Å². The molecular formula is C26H35ClN4O2. The van der Waals surface area contributed by atoms with Gasteiger partial charge in [-0.1, -0.05) is 17.7 Å².